The van der Waals surface area contributed by atoms with E-state index in [-0.39, 0.29) is 28.4 Å². The fraction of sp³-hybridized carbons (Fsp3) is 0.267. The largest absolute Gasteiger partial charge is 0.332 e. The van der Waals surface area contributed by atoms with Crippen LogP contribution in [0.25, 0.3) is 0 Å². The first-order valence-corrected chi connectivity index (χ1v) is 7.24. The second-order valence-corrected chi connectivity index (χ2v) is 5.82. The van der Waals surface area contributed by atoms with Crippen molar-refractivity contribution in [1.29, 1.82) is 0 Å². The van der Waals surface area contributed by atoms with E-state index in [1.807, 2.05) is 0 Å². The molecular weight excluding hydrogens is 325 g/mol. The molecule has 1 N–H and O–H groups in total. The van der Waals surface area contributed by atoms with Crippen LogP contribution in [-0.4, -0.2) is 15.0 Å². The Labute approximate surface area is 135 Å². The zero-order chi connectivity index (χ0) is 16.9. The number of benzene rings is 1. The van der Waals surface area contributed by atoms with E-state index < -0.39 is 28.9 Å². The number of anilines is 1. The van der Waals surface area contributed by atoms with E-state index in [0.717, 1.165) is 9.13 Å². The van der Waals surface area contributed by atoms with Gasteiger partial charge in [0, 0.05) is 37.0 Å². The standard InChI is InChI=1S/C15H13ClFN3O3/c1-19-13-12(14(22)20(2)15(19)23)7(6-10(21)18-13)11-8(16)4-3-5-9(11)17/h3-5,7H,6H2,1-2H3,(H,18,21)/t7-/m0/s1. The van der Waals surface area contributed by atoms with E-state index in [1.165, 1.54) is 32.3 Å². The highest BCUT2D eigenvalue weighted by Gasteiger charge is 2.34. The fourth-order valence-electron chi connectivity index (χ4n) is 2.90. The first-order chi connectivity index (χ1) is 10.8. The molecule has 2 heterocycles. The van der Waals surface area contributed by atoms with Crippen molar-refractivity contribution < 1.29 is 9.18 Å². The zero-order valence-electron chi connectivity index (χ0n) is 12.4. The number of nitrogens with zero attached hydrogens (tertiary/aromatic N) is 2. The third kappa shape index (κ3) is 2.28. The van der Waals surface area contributed by atoms with Crippen LogP contribution in [0.15, 0.2) is 27.8 Å². The summed E-state index contributed by atoms with van der Waals surface area (Å²) in [6.07, 6.45) is -0.124. The Bertz CT molecular complexity index is 928. The van der Waals surface area contributed by atoms with Gasteiger partial charge in [-0.05, 0) is 12.1 Å². The number of halogens is 2. The van der Waals surface area contributed by atoms with Gasteiger partial charge in [0.25, 0.3) is 5.56 Å². The van der Waals surface area contributed by atoms with Gasteiger partial charge in [0.2, 0.25) is 5.91 Å². The highest BCUT2D eigenvalue weighted by atomic mass is 35.5. The molecule has 1 aromatic heterocycles. The van der Waals surface area contributed by atoms with Crippen LogP contribution in [0.5, 0.6) is 0 Å². The summed E-state index contributed by atoms with van der Waals surface area (Å²) in [7, 11) is 2.77. The van der Waals surface area contributed by atoms with Gasteiger partial charge in [-0.1, -0.05) is 17.7 Å². The van der Waals surface area contributed by atoms with Crippen molar-refractivity contribution in [1.82, 2.24) is 9.13 Å². The van der Waals surface area contributed by atoms with Crippen LogP contribution in [0, 0.1) is 5.82 Å². The highest BCUT2D eigenvalue weighted by molar-refractivity contribution is 6.31. The van der Waals surface area contributed by atoms with Crippen molar-refractivity contribution in [3.05, 3.63) is 61.0 Å². The van der Waals surface area contributed by atoms with Gasteiger partial charge >= 0.3 is 5.69 Å². The van der Waals surface area contributed by atoms with Gasteiger partial charge in [0.05, 0.1) is 5.56 Å². The Hall–Kier alpha value is -2.41. The smallest absolute Gasteiger partial charge is 0.312 e. The average Bonchev–Trinajstić information content (AvgIpc) is 2.50. The summed E-state index contributed by atoms with van der Waals surface area (Å²) in [5.41, 5.74) is -0.913. The number of nitrogens with one attached hydrogen (secondary N) is 1. The van der Waals surface area contributed by atoms with E-state index in [9.17, 15) is 18.8 Å². The third-order valence-electron chi connectivity index (χ3n) is 4.04. The van der Waals surface area contributed by atoms with E-state index in [0.29, 0.717) is 0 Å². The lowest BCUT2D eigenvalue weighted by atomic mass is 9.86. The number of aromatic nitrogens is 2. The maximum Gasteiger partial charge on any atom is 0.332 e. The van der Waals surface area contributed by atoms with Gasteiger partial charge in [0.15, 0.2) is 0 Å². The van der Waals surface area contributed by atoms with E-state index in [4.69, 9.17) is 11.6 Å². The van der Waals surface area contributed by atoms with Crippen molar-refractivity contribution in [3.63, 3.8) is 0 Å². The third-order valence-corrected chi connectivity index (χ3v) is 4.37. The highest BCUT2D eigenvalue weighted by Crippen LogP contribution is 2.38. The van der Waals surface area contributed by atoms with Gasteiger partial charge < -0.3 is 5.32 Å². The normalized spacial score (nSPS) is 16.9. The first-order valence-electron chi connectivity index (χ1n) is 6.86. The first kappa shape index (κ1) is 15.5. The topological polar surface area (TPSA) is 73.1 Å². The average molecular weight is 338 g/mol. The molecule has 8 heteroatoms. The molecule has 23 heavy (non-hydrogen) atoms. The van der Waals surface area contributed by atoms with Gasteiger partial charge in [-0.15, -0.1) is 0 Å². The molecule has 1 aliphatic rings. The summed E-state index contributed by atoms with van der Waals surface area (Å²) < 4.78 is 16.4. The number of fused-ring (bicyclic) bond motifs is 1. The van der Waals surface area contributed by atoms with Crippen molar-refractivity contribution >= 4 is 23.3 Å². The van der Waals surface area contributed by atoms with Crippen LogP contribution in [0.3, 0.4) is 0 Å². The monoisotopic (exact) mass is 337 g/mol. The Kier molecular flexibility index (Phi) is 3.60. The van der Waals surface area contributed by atoms with Crippen molar-refractivity contribution in [2.75, 3.05) is 5.32 Å². The minimum atomic E-state index is -0.849. The van der Waals surface area contributed by atoms with E-state index >= 15 is 0 Å². The molecule has 2 aromatic rings. The fourth-order valence-corrected chi connectivity index (χ4v) is 3.19. The number of hydrogen-bond acceptors (Lipinski definition) is 3. The molecule has 0 radical (unpaired) electrons. The van der Waals surface area contributed by atoms with Crippen LogP contribution in [0.1, 0.15) is 23.5 Å². The lowest BCUT2D eigenvalue weighted by Crippen LogP contribution is -2.44. The summed E-state index contributed by atoms with van der Waals surface area (Å²) in [6.45, 7) is 0. The predicted octanol–water partition coefficient (Wildman–Crippen LogP) is 1.35. The molecule has 1 amide bonds. The minimum absolute atomic E-state index is 0.0821. The molecule has 3 rings (SSSR count). The zero-order valence-corrected chi connectivity index (χ0v) is 13.1. The molecule has 0 aliphatic carbocycles. The Morgan fingerprint density at radius 2 is 1.87 bits per heavy atom. The molecule has 1 aromatic carbocycles. The van der Waals surface area contributed by atoms with E-state index in [1.54, 1.807) is 0 Å². The Balaban J connectivity index is 2.39. The lowest BCUT2D eigenvalue weighted by molar-refractivity contribution is -0.116. The second-order valence-electron chi connectivity index (χ2n) is 5.41. The van der Waals surface area contributed by atoms with E-state index in [2.05, 4.69) is 5.32 Å². The summed E-state index contributed by atoms with van der Waals surface area (Å²) in [6, 6.07) is 4.17. The summed E-state index contributed by atoms with van der Waals surface area (Å²) >= 11 is 6.09. The maximum atomic E-state index is 14.3. The van der Waals surface area contributed by atoms with Crippen LogP contribution in [0.2, 0.25) is 5.02 Å². The Morgan fingerprint density at radius 3 is 2.52 bits per heavy atom. The number of carbonyl (C=O) groups excluding carboxylic acids is 1. The lowest BCUT2D eigenvalue weighted by Gasteiger charge is -2.27. The van der Waals surface area contributed by atoms with Crippen LogP contribution >= 0.6 is 11.6 Å². The molecule has 1 atom stereocenters. The summed E-state index contributed by atoms with van der Waals surface area (Å²) in [4.78, 5) is 36.5. The van der Waals surface area contributed by atoms with Crippen molar-refractivity contribution in [2.24, 2.45) is 14.1 Å². The Morgan fingerprint density at radius 1 is 1.17 bits per heavy atom. The predicted molar refractivity (Wildman–Crippen MR) is 83.4 cm³/mol. The van der Waals surface area contributed by atoms with Crippen LogP contribution in [-0.2, 0) is 18.9 Å². The molecule has 0 saturated heterocycles. The minimum Gasteiger partial charge on any atom is -0.312 e. The van der Waals surface area contributed by atoms with Gasteiger partial charge in [-0.3, -0.25) is 18.7 Å². The molecule has 6 nitrogen and oxygen atoms in total. The summed E-state index contributed by atoms with van der Waals surface area (Å²) in [5.74, 6) is -1.78. The molecule has 0 unspecified atom stereocenters. The van der Waals surface area contributed by atoms with Crippen LogP contribution < -0.4 is 16.6 Å². The van der Waals surface area contributed by atoms with Gasteiger partial charge in [0.1, 0.15) is 11.6 Å². The van der Waals surface area contributed by atoms with Gasteiger partial charge in [-0.25, -0.2) is 9.18 Å². The molecule has 1 aliphatic heterocycles. The van der Waals surface area contributed by atoms with Crippen molar-refractivity contribution in [3.8, 4) is 0 Å². The molecular formula is C15H13ClFN3O3. The number of rotatable bonds is 1. The van der Waals surface area contributed by atoms with Crippen LogP contribution in [0.4, 0.5) is 10.2 Å². The molecule has 0 spiro atoms. The van der Waals surface area contributed by atoms with Gasteiger partial charge in [-0.2, -0.15) is 0 Å². The number of carbonyl (C=O) groups is 1. The second kappa shape index (κ2) is 5.34. The quantitative estimate of drug-likeness (QED) is 0.853. The molecule has 0 fully saturated rings. The molecule has 0 bridgehead atoms. The summed E-state index contributed by atoms with van der Waals surface area (Å²) in [5, 5.41) is 2.65. The van der Waals surface area contributed by atoms with Crippen molar-refractivity contribution in [2.45, 2.75) is 12.3 Å². The number of hydrogen-bond donors (Lipinski definition) is 1. The SMILES string of the molecule is Cn1c2c(c(=O)n(C)c1=O)[C@H](c1c(F)cccc1Cl)CC(=O)N2. The molecule has 120 valence electrons. The maximum absolute atomic E-state index is 14.3. The molecule has 0 saturated carbocycles. The number of amides is 1.